The first kappa shape index (κ1) is 41.8. The number of carbonyl (C=O) groups is 3. The Morgan fingerprint density at radius 1 is 0.875 bits per heavy atom. The van der Waals surface area contributed by atoms with Crippen LogP contribution in [0.1, 0.15) is 71.0 Å². The molecule has 1 aromatic heterocycles. The van der Waals surface area contributed by atoms with Crippen molar-refractivity contribution < 1.29 is 45.9 Å². The fourth-order valence-corrected chi connectivity index (χ4v) is 6.93. The van der Waals surface area contributed by atoms with Crippen molar-refractivity contribution in [1.82, 2.24) is 20.3 Å². The second-order valence-electron chi connectivity index (χ2n) is 13.3. The number of aromatic nitrogens is 3. The minimum Gasteiger partial charge on any atom is -0.452 e. The zero-order valence-corrected chi connectivity index (χ0v) is 32.1. The molecule has 2 heterocycles. The molecule has 0 aliphatic carbocycles. The van der Waals surface area contributed by atoms with E-state index in [1.807, 2.05) is 13.1 Å². The zero-order valence-electron chi connectivity index (χ0n) is 31.3. The third-order valence-electron chi connectivity index (χ3n) is 8.87. The molecule has 1 N–H and O–H groups in total. The van der Waals surface area contributed by atoms with E-state index in [0.29, 0.717) is 13.0 Å². The van der Waals surface area contributed by atoms with E-state index in [4.69, 9.17) is 29.6 Å². The molecule has 0 bridgehead atoms. The zero-order chi connectivity index (χ0) is 39.9. The molecule has 1 aliphatic heterocycles. The van der Waals surface area contributed by atoms with Crippen LogP contribution in [-0.4, -0.2) is 85.1 Å². The first-order valence-corrected chi connectivity index (χ1v) is 19.8. The van der Waals surface area contributed by atoms with E-state index in [1.54, 1.807) is 53.2 Å². The summed E-state index contributed by atoms with van der Waals surface area (Å²) >= 11 is 0. The number of terminal acetylenes is 1. The maximum atomic E-state index is 13.6. The SMILES string of the molecule is C#CCCCCCc1cn(CCCO[C@H]2O[C@H](COS(=O)(=O)c3ccc(C)cc3)[C@@H](OC(=O)c3ccccc3)[C@H](OC(=O)c3ccccc3)[C@H]2NC(C)=O)nn1. The lowest BCUT2D eigenvalue weighted by Crippen LogP contribution is -2.66. The first-order chi connectivity index (χ1) is 27.0. The van der Waals surface area contributed by atoms with Gasteiger partial charge in [-0.25, -0.2) is 9.59 Å². The van der Waals surface area contributed by atoms with Gasteiger partial charge in [-0.15, -0.1) is 17.4 Å². The Bertz CT molecular complexity index is 2040. The smallest absolute Gasteiger partial charge is 0.338 e. The quantitative estimate of drug-likeness (QED) is 0.0596. The van der Waals surface area contributed by atoms with Crippen molar-refractivity contribution in [1.29, 1.82) is 0 Å². The molecule has 0 spiro atoms. The summed E-state index contributed by atoms with van der Waals surface area (Å²) in [5, 5.41) is 11.2. The maximum absolute atomic E-state index is 13.6. The lowest BCUT2D eigenvalue weighted by molar-refractivity contribution is -0.267. The molecular formula is C41H46N4O10S. The molecule has 1 saturated heterocycles. The molecule has 3 aromatic carbocycles. The molecule has 14 nitrogen and oxygen atoms in total. The topological polar surface area (TPSA) is 174 Å². The molecule has 5 atom stereocenters. The van der Waals surface area contributed by atoms with Crippen LogP contribution in [0.5, 0.6) is 0 Å². The number of aryl methyl sites for hydroxylation is 3. The van der Waals surface area contributed by atoms with Crippen LogP contribution in [-0.2, 0) is 51.0 Å². The van der Waals surface area contributed by atoms with E-state index in [9.17, 15) is 22.8 Å². The fourth-order valence-electron chi connectivity index (χ4n) is 6.01. The van der Waals surface area contributed by atoms with Gasteiger partial charge in [-0.2, -0.15) is 8.42 Å². The lowest BCUT2D eigenvalue weighted by Gasteiger charge is -2.45. The largest absolute Gasteiger partial charge is 0.452 e. The molecule has 4 aromatic rings. The van der Waals surface area contributed by atoms with Crippen LogP contribution in [0.3, 0.4) is 0 Å². The van der Waals surface area contributed by atoms with Crippen LogP contribution < -0.4 is 5.32 Å². The maximum Gasteiger partial charge on any atom is 0.338 e. The monoisotopic (exact) mass is 786 g/mol. The van der Waals surface area contributed by atoms with Gasteiger partial charge in [-0.3, -0.25) is 13.7 Å². The van der Waals surface area contributed by atoms with Gasteiger partial charge in [0.1, 0.15) is 12.1 Å². The summed E-state index contributed by atoms with van der Waals surface area (Å²) in [4.78, 5) is 39.7. The van der Waals surface area contributed by atoms with Crippen molar-refractivity contribution in [3.05, 3.63) is 114 Å². The van der Waals surface area contributed by atoms with Gasteiger partial charge in [0.15, 0.2) is 18.5 Å². The number of ether oxygens (including phenoxy) is 4. The van der Waals surface area contributed by atoms with Crippen molar-refractivity contribution in [3.63, 3.8) is 0 Å². The predicted octanol–water partition coefficient (Wildman–Crippen LogP) is 4.82. The molecular weight excluding hydrogens is 741 g/mol. The minimum absolute atomic E-state index is 0.0745. The average molecular weight is 787 g/mol. The van der Waals surface area contributed by atoms with Crippen molar-refractivity contribution in [2.45, 2.75) is 94.5 Å². The number of esters is 2. The Labute approximate surface area is 326 Å². The Morgan fingerprint density at radius 3 is 2.14 bits per heavy atom. The molecule has 0 radical (unpaired) electrons. The summed E-state index contributed by atoms with van der Waals surface area (Å²) in [6.07, 6.45) is 6.45. The molecule has 1 fully saturated rings. The third kappa shape index (κ3) is 12.0. The summed E-state index contributed by atoms with van der Waals surface area (Å²) < 4.78 is 58.4. The summed E-state index contributed by atoms with van der Waals surface area (Å²) in [6, 6.07) is 21.0. The number of hydrogen-bond donors (Lipinski definition) is 1. The van der Waals surface area contributed by atoms with Crippen LogP contribution in [0, 0.1) is 19.3 Å². The number of nitrogens with one attached hydrogen (secondary N) is 1. The molecule has 15 heteroatoms. The van der Waals surface area contributed by atoms with Crippen LogP contribution in [0.4, 0.5) is 0 Å². The van der Waals surface area contributed by atoms with E-state index in [-0.39, 0.29) is 22.6 Å². The molecule has 296 valence electrons. The van der Waals surface area contributed by atoms with Gasteiger partial charge >= 0.3 is 11.9 Å². The predicted molar refractivity (Wildman–Crippen MR) is 203 cm³/mol. The van der Waals surface area contributed by atoms with E-state index in [1.165, 1.54) is 43.3 Å². The lowest BCUT2D eigenvalue weighted by atomic mass is 9.95. The van der Waals surface area contributed by atoms with E-state index >= 15 is 0 Å². The standard InChI is InChI=1S/C41H46N4O10S/c1-4-5-6-7-14-20-33-27-45(44-43-33)25-15-26-51-41-36(42-30(3)46)38(55-40(48)32-18-12-9-13-19-32)37(54-39(47)31-16-10-8-11-17-31)35(53-41)28-52-56(49,50)34-23-21-29(2)22-24-34/h1,8-13,16-19,21-24,27,35-38,41H,5-7,14-15,20,25-26,28H2,2-3H3,(H,42,46)/t35-,36-,37-,38-,41+/m1/s1. The van der Waals surface area contributed by atoms with Gasteiger partial charge in [-0.1, -0.05) is 65.7 Å². The Kier molecular flexibility index (Phi) is 15.3. The van der Waals surface area contributed by atoms with Gasteiger partial charge in [0.25, 0.3) is 10.1 Å². The summed E-state index contributed by atoms with van der Waals surface area (Å²) in [5.41, 5.74) is 2.05. The molecule has 0 saturated carbocycles. The number of rotatable bonds is 19. The minimum atomic E-state index is -4.34. The molecule has 5 rings (SSSR count). The van der Waals surface area contributed by atoms with E-state index in [0.717, 1.165) is 43.4 Å². The van der Waals surface area contributed by atoms with Gasteiger partial charge < -0.3 is 24.3 Å². The Morgan fingerprint density at radius 2 is 1.52 bits per heavy atom. The van der Waals surface area contributed by atoms with Crippen molar-refractivity contribution >= 4 is 28.0 Å². The average Bonchev–Trinajstić information content (AvgIpc) is 3.65. The number of benzene rings is 3. The number of hydrogen-bond acceptors (Lipinski definition) is 12. The third-order valence-corrected chi connectivity index (χ3v) is 10.2. The molecule has 0 unspecified atom stereocenters. The summed E-state index contributed by atoms with van der Waals surface area (Å²) in [7, 11) is -4.34. The summed E-state index contributed by atoms with van der Waals surface area (Å²) in [6.45, 7) is 2.92. The fraction of sp³-hybridized carbons (Fsp3) is 0.390. The van der Waals surface area contributed by atoms with Crippen LogP contribution >= 0.6 is 0 Å². The second kappa shape index (κ2) is 20.5. The Hall–Kier alpha value is -5.40. The van der Waals surface area contributed by atoms with Gasteiger partial charge in [0.05, 0.1) is 34.9 Å². The van der Waals surface area contributed by atoms with Crippen LogP contribution in [0.25, 0.3) is 0 Å². The highest BCUT2D eigenvalue weighted by molar-refractivity contribution is 7.86. The normalized spacial score (nSPS) is 19.4. The second-order valence-corrected chi connectivity index (χ2v) is 14.9. The van der Waals surface area contributed by atoms with E-state index in [2.05, 4.69) is 21.5 Å². The number of carbonyl (C=O) groups excluding carboxylic acids is 3. The van der Waals surface area contributed by atoms with Crippen molar-refractivity contribution in [3.8, 4) is 12.3 Å². The van der Waals surface area contributed by atoms with Gasteiger partial charge in [-0.05, 0) is 69.0 Å². The van der Waals surface area contributed by atoms with Gasteiger partial charge in [0.2, 0.25) is 5.91 Å². The highest BCUT2D eigenvalue weighted by atomic mass is 32.2. The van der Waals surface area contributed by atoms with Gasteiger partial charge in [0, 0.05) is 26.1 Å². The van der Waals surface area contributed by atoms with Crippen molar-refractivity contribution in [2.24, 2.45) is 0 Å². The van der Waals surface area contributed by atoms with Crippen LogP contribution in [0.2, 0.25) is 0 Å². The van der Waals surface area contributed by atoms with Crippen molar-refractivity contribution in [2.75, 3.05) is 13.2 Å². The Balaban J connectivity index is 1.40. The van der Waals surface area contributed by atoms with E-state index < -0.39 is 65.2 Å². The highest BCUT2D eigenvalue weighted by Gasteiger charge is 2.52. The number of nitrogens with zero attached hydrogens (tertiary/aromatic N) is 3. The molecule has 1 amide bonds. The number of unbranched alkanes of at least 4 members (excludes halogenated alkanes) is 3. The highest BCUT2D eigenvalue weighted by Crippen LogP contribution is 2.30. The number of amides is 1. The summed E-state index contributed by atoms with van der Waals surface area (Å²) in [5.74, 6) is 0.516. The first-order valence-electron chi connectivity index (χ1n) is 18.4. The molecule has 56 heavy (non-hydrogen) atoms. The van der Waals surface area contributed by atoms with Crippen LogP contribution in [0.15, 0.2) is 96.0 Å². The molecule has 1 aliphatic rings.